The number of anilines is 2. The van der Waals surface area contributed by atoms with E-state index in [1.807, 2.05) is 12.1 Å². The van der Waals surface area contributed by atoms with Crippen molar-refractivity contribution in [2.75, 3.05) is 11.5 Å². The van der Waals surface area contributed by atoms with E-state index in [1.54, 1.807) is 0 Å². The number of unbranched alkanes of at least 4 members (excludes halogenated alkanes) is 4. The number of rotatable bonds is 14. The van der Waals surface area contributed by atoms with Gasteiger partial charge in [-0.3, -0.25) is 0 Å². The number of nitrogen functional groups attached to an aromatic ring is 2. The predicted octanol–water partition coefficient (Wildman–Crippen LogP) is 10.3. The Balaban J connectivity index is 1.17. The lowest BCUT2D eigenvalue weighted by molar-refractivity contribution is 0.613. The van der Waals surface area contributed by atoms with Crippen LogP contribution in [0.4, 0.5) is 11.4 Å². The SMILES string of the molecule is CCC(c1ccc(CCCCCCCc2ccc(C(CC)c3ccc(N)cc3C)cc2)cc1)c1ccc(N)cc1C. The maximum absolute atomic E-state index is 5.98. The number of benzene rings is 4. The van der Waals surface area contributed by atoms with E-state index in [-0.39, 0.29) is 0 Å². The van der Waals surface area contributed by atoms with Crippen molar-refractivity contribution in [2.45, 2.75) is 97.3 Å². The van der Waals surface area contributed by atoms with Crippen LogP contribution in [-0.2, 0) is 12.8 Å². The number of hydrogen-bond acceptors (Lipinski definition) is 2. The summed E-state index contributed by atoms with van der Waals surface area (Å²) >= 11 is 0. The van der Waals surface area contributed by atoms with Gasteiger partial charge in [0.2, 0.25) is 0 Å². The molecule has 0 bridgehead atoms. The van der Waals surface area contributed by atoms with Gasteiger partial charge in [-0.1, -0.05) is 93.8 Å². The Hall–Kier alpha value is -3.52. The van der Waals surface area contributed by atoms with Crippen LogP contribution in [0.3, 0.4) is 0 Å². The minimum absolute atomic E-state index is 0.432. The molecule has 0 amide bonds. The summed E-state index contributed by atoms with van der Waals surface area (Å²) in [5, 5.41) is 0. The Bertz CT molecular complexity index is 1260. The summed E-state index contributed by atoms with van der Waals surface area (Å²) in [5.74, 6) is 0.865. The van der Waals surface area contributed by atoms with Crippen molar-refractivity contribution in [3.63, 3.8) is 0 Å². The second-order valence-electron chi connectivity index (χ2n) is 11.9. The van der Waals surface area contributed by atoms with Gasteiger partial charge in [0.05, 0.1) is 0 Å². The molecule has 0 fully saturated rings. The molecule has 2 unspecified atom stereocenters. The molecule has 2 atom stereocenters. The molecule has 4 N–H and O–H groups in total. The molecule has 2 nitrogen and oxygen atoms in total. The molecule has 0 heterocycles. The quantitative estimate of drug-likeness (QED) is 0.122. The third kappa shape index (κ3) is 8.26. The first kappa shape index (κ1) is 30.4. The summed E-state index contributed by atoms with van der Waals surface area (Å²) in [6.45, 7) is 8.89. The zero-order valence-corrected chi connectivity index (χ0v) is 25.8. The van der Waals surface area contributed by atoms with Gasteiger partial charge in [-0.2, -0.15) is 0 Å². The Kier molecular flexibility index (Phi) is 11.1. The van der Waals surface area contributed by atoms with Crippen LogP contribution in [0.15, 0.2) is 84.9 Å². The van der Waals surface area contributed by atoms with Crippen LogP contribution >= 0.6 is 0 Å². The first-order valence-electron chi connectivity index (χ1n) is 15.8. The molecule has 0 aliphatic rings. The van der Waals surface area contributed by atoms with Crippen LogP contribution in [-0.4, -0.2) is 0 Å². The number of nitrogens with two attached hydrogens (primary N) is 2. The van der Waals surface area contributed by atoms with Gasteiger partial charge in [0.25, 0.3) is 0 Å². The van der Waals surface area contributed by atoms with Crippen LogP contribution in [0.2, 0.25) is 0 Å². The lowest BCUT2D eigenvalue weighted by Gasteiger charge is -2.19. The van der Waals surface area contributed by atoms with Gasteiger partial charge in [0.15, 0.2) is 0 Å². The smallest absolute Gasteiger partial charge is 0.0316 e. The first-order chi connectivity index (χ1) is 19.9. The molecule has 0 aliphatic carbocycles. The number of hydrogen-bond donors (Lipinski definition) is 2. The molecular weight excluding hydrogens is 496 g/mol. The van der Waals surface area contributed by atoms with Gasteiger partial charge in [-0.15, -0.1) is 0 Å². The van der Waals surface area contributed by atoms with Crippen molar-refractivity contribution in [1.82, 2.24) is 0 Å². The summed E-state index contributed by atoms with van der Waals surface area (Å²) < 4.78 is 0. The Morgan fingerprint density at radius 1 is 0.488 bits per heavy atom. The lowest BCUT2D eigenvalue weighted by Crippen LogP contribution is -2.03. The lowest BCUT2D eigenvalue weighted by atomic mass is 9.86. The Morgan fingerprint density at radius 2 is 0.854 bits per heavy atom. The molecule has 41 heavy (non-hydrogen) atoms. The van der Waals surface area contributed by atoms with Crippen molar-refractivity contribution in [3.05, 3.63) is 129 Å². The van der Waals surface area contributed by atoms with E-state index in [9.17, 15) is 0 Å². The molecule has 0 radical (unpaired) electrons. The van der Waals surface area contributed by atoms with Gasteiger partial charge in [0.1, 0.15) is 0 Å². The van der Waals surface area contributed by atoms with Gasteiger partial charge in [-0.05, 0) is 121 Å². The maximum Gasteiger partial charge on any atom is 0.0316 e. The van der Waals surface area contributed by atoms with E-state index in [1.165, 1.54) is 89.5 Å². The van der Waals surface area contributed by atoms with E-state index in [4.69, 9.17) is 11.5 Å². The number of aryl methyl sites for hydroxylation is 4. The third-order valence-corrected chi connectivity index (χ3v) is 8.85. The first-order valence-corrected chi connectivity index (χ1v) is 15.8. The molecule has 0 aliphatic heterocycles. The molecule has 4 aromatic carbocycles. The fourth-order valence-corrected chi connectivity index (χ4v) is 6.47. The van der Waals surface area contributed by atoms with E-state index in [0.717, 1.165) is 24.2 Å². The Labute approximate surface area is 249 Å². The summed E-state index contributed by atoms with van der Waals surface area (Å²) in [7, 11) is 0. The highest BCUT2D eigenvalue weighted by Gasteiger charge is 2.15. The van der Waals surface area contributed by atoms with Gasteiger partial charge in [-0.25, -0.2) is 0 Å². The van der Waals surface area contributed by atoms with E-state index in [0.29, 0.717) is 11.8 Å². The fourth-order valence-electron chi connectivity index (χ4n) is 6.47. The minimum Gasteiger partial charge on any atom is -0.399 e. The zero-order chi connectivity index (χ0) is 29.2. The standard InChI is InChI=1S/C39H50N2/c1-5-36(38-24-22-34(40)26-28(38)3)32-18-14-30(15-19-32)12-10-8-7-9-11-13-31-16-20-33(21-17-31)37(6-2)39-25-23-35(41)27-29(39)4/h14-27,36-37H,5-13,40-41H2,1-4H3. The van der Waals surface area contributed by atoms with Gasteiger partial charge in [0, 0.05) is 23.2 Å². The molecule has 0 spiro atoms. The van der Waals surface area contributed by atoms with Crippen molar-refractivity contribution >= 4 is 11.4 Å². The predicted molar refractivity (Wildman–Crippen MR) is 179 cm³/mol. The molecule has 2 heteroatoms. The highest BCUT2D eigenvalue weighted by molar-refractivity contribution is 5.49. The van der Waals surface area contributed by atoms with Crippen LogP contribution in [0.1, 0.15) is 115 Å². The normalized spacial score (nSPS) is 12.8. The molecule has 4 aromatic rings. The van der Waals surface area contributed by atoms with Crippen LogP contribution < -0.4 is 11.5 Å². The molecule has 0 aromatic heterocycles. The summed E-state index contributed by atoms with van der Waals surface area (Å²) in [6, 6.07) is 31.4. The highest BCUT2D eigenvalue weighted by Crippen LogP contribution is 2.32. The van der Waals surface area contributed by atoms with Gasteiger partial charge >= 0.3 is 0 Å². The van der Waals surface area contributed by atoms with Crippen LogP contribution in [0.5, 0.6) is 0 Å². The summed E-state index contributed by atoms with van der Waals surface area (Å²) in [4.78, 5) is 0. The van der Waals surface area contributed by atoms with E-state index in [2.05, 4.69) is 100 Å². The van der Waals surface area contributed by atoms with E-state index >= 15 is 0 Å². The molecule has 0 saturated heterocycles. The average Bonchev–Trinajstić information content (AvgIpc) is 2.97. The van der Waals surface area contributed by atoms with Gasteiger partial charge < -0.3 is 11.5 Å². The summed E-state index contributed by atoms with van der Waals surface area (Å²) in [5.41, 5.74) is 24.7. The van der Waals surface area contributed by atoms with Crippen molar-refractivity contribution in [1.29, 1.82) is 0 Å². The fraction of sp³-hybridized carbons (Fsp3) is 0.385. The van der Waals surface area contributed by atoms with E-state index < -0.39 is 0 Å². The zero-order valence-electron chi connectivity index (χ0n) is 25.8. The highest BCUT2D eigenvalue weighted by atomic mass is 14.5. The topological polar surface area (TPSA) is 52.0 Å². The van der Waals surface area contributed by atoms with Crippen LogP contribution in [0.25, 0.3) is 0 Å². The Morgan fingerprint density at radius 3 is 1.20 bits per heavy atom. The van der Waals surface area contributed by atoms with Crippen LogP contribution in [0, 0.1) is 13.8 Å². The molecule has 4 rings (SSSR count). The second kappa shape index (κ2) is 14.9. The van der Waals surface area contributed by atoms with Crippen molar-refractivity contribution in [3.8, 4) is 0 Å². The largest absolute Gasteiger partial charge is 0.399 e. The molecule has 216 valence electrons. The summed E-state index contributed by atoms with van der Waals surface area (Å²) in [6.07, 6.45) is 11.0. The van der Waals surface area contributed by atoms with Crippen molar-refractivity contribution < 1.29 is 0 Å². The molecule has 0 saturated carbocycles. The van der Waals surface area contributed by atoms with Crippen molar-refractivity contribution in [2.24, 2.45) is 0 Å². The molecular formula is C39H50N2. The average molecular weight is 547 g/mol. The minimum atomic E-state index is 0.432. The third-order valence-electron chi connectivity index (χ3n) is 8.85. The second-order valence-corrected chi connectivity index (χ2v) is 11.9. The monoisotopic (exact) mass is 546 g/mol. The maximum atomic E-state index is 5.98.